The molecule has 1 unspecified atom stereocenters. The van der Waals surface area contributed by atoms with Gasteiger partial charge in [0, 0.05) is 0 Å². The van der Waals surface area contributed by atoms with Crippen molar-refractivity contribution in [3.63, 3.8) is 0 Å². The van der Waals surface area contributed by atoms with Crippen LogP contribution in [0.2, 0.25) is 0 Å². The summed E-state index contributed by atoms with van der Waals surface area (Å²) in [6, 6.07) is 4.22. The molecule has 1 aromatic carbocycles. The van der Waals surface area contributed by atoms with Crippen molar-refractivity contribution in [2.75, 3.05) is 20.3 Å². The van der Waals surface area contributed by atoms with Crippen LogP contribution < -0.4 is 4.74 Å². The molecule has 0 radical (unpaired) electrons. The number of rotatable bonds is 6. The predicted molar refractivity (Wildman–Crippen MR) is 100 cm³/mol. The summed E-state index contributed by atoms with van der Waals surface area (Å²) in [7, 11) is 1.36. The fourth-order valence-electron chi connectivity index (χ4n) is 3.74. The zero-order valence-electron chi connectivity index (χ0n) is 16.6. The smallest absolute Gasteiger partial charge is 0.187 e. The molecule has 0 bridgehead atoms. The van der Waals surface area contributed by atoms with E-state index < -0.39 is 74.4 Å². The van der Waals surface area contributed by atoms with E-state index in [0.29, 0.717) is 5.56 Å². The van der Waals surface area contributed by atoms with Gasteiger partial charge in [0.1, 0.15) is 54.9 Å². The van der Waals surface area contributed by atoms with E-state index >= 15 is 0 Å². The highest BCUT2D eigenvalue weighted by Gasteiger charge is 2.50. The van der Waals surface area contributed by atoms with Gasteiger partial charge in [-0.2, -0.15) is 0 Å². The zero-order chi connectivity index (χ0) is 22.9. The monoisotopic (exact) mass is 448 g/mol. The number of hydrogen-bond donors (Lipinski definition) is 8. The van der Waals surface area contributed by atoms with Crippen LogP contribution in [0.4, 0.5) is 0 Å². The van der Waals surface area contributed by atoms with Crippen LogP contribution >= 0.6 is 0 Å². The summed E-state index contributed by atoms with van der Waals surface area (Å²) in [4.78, 5) is 0. The number of aliphatic hydroxyl groups excluding tert-OH is 7. The Morgan fingerprint density at radius 2 is 1.48 bits per heavy atom. The van der Waals surface area contributed by atoms with Crippen molar-refractivity contribution >= 4 is 0 Å². The first-order chi connectivity index (χ1) is 14.7. The lowest BCUT2D eigenvalue weighted by Crippen LogP contribution is -2.63. The number of aromatic hydroxyl groups is 1. The van der Waals surface area contributed by atoms with E-state index in [1.165, 1.54) is 25.3 Å². The number of aliphatic hydroxyl groups is 7. The molecule has 1 aromatic rings. The first-order valence-corrected chi connectivity index (χ1v) is 9.68. The first-order valence-electron chi connectivity index (χ1n) is 9.68. The van der Waals surface area contributed by atoms with E-state index in [1.807, 2.05) is 0 Å². The molecule has 2 fully saturated rings. The summed E-state index contributed by atoms with van der Waals surface area (Å²) in [5.41, 5.74) is 0.290. The maximum Gasteiger partial charge on any atom is 0.187 e. The lowest BCUT2D eigenvalue weighted by molar-refractivity contribution is -0.342. The summed E-state index contributed by atoms with van der Waals surface area (Å²) < 4.78 is 21.4. The maximum atomic E-state index is 10.8. The number of hydrogen-bond acceptors (Lipinski definition) is 12. The van der Waals surface area contributed by atoms with Crippen molar-refractivity contribution in [3.05, 3.63) is 23.8 Å². The Morgan fingerprint density at radius 1 is 0.839 bits per heavy atom. The molecule has 12 heteroatoms. The van der Waals surface area contributed by atoms with Crippen molar-refractivity contribution in [1.82, 2.24) is 0 Å². The molecule has 0 aliphatic carbocycles. The van der Waals surface area contributed by atoms with E-state index in [1.54, 1.807) is 0 Å². The predicted octanol–water partition coefficient (Wildman–Crippen LogP) is -3.26. The van der Waals surface area contributed by atoms with Gasteiger partial charge >= 0.3 is 0 Å². The highest BCUT2D eigenvalue weighted by atomic mass is 16.7. The molecule has 2 aliphatic heterocycles. The second kappa shape index (κ2) is 9.92. The third-order valence-electron chi connectivity index (χ3n) is 5.54. The second-order valence-corrected chi connectivity index (χ2v) is 7.49. The SMILES string of the molecule is COc1ccc(C2O[C@H](CO)[C@@H](O)[C@H](O[C@H]3O[C@H](CO)[C@@H](O)[C@H](O)[C@@H]3O)[C@@H]2O)cc1O. The molecule has 176 valence electrons. The Kier molecular flexibility index (Phi) is 7.70. The van der Waals surface area contributed by atoms with Crippen LogP contribution in [-0.2, 0) is 14.2 Å². The quantitative estimate of drug-likeness (QED) is 0.216. The number of benzene rings is 1. The van der Waals surface area contributed by atoms with Crippen LogP contribution in [0, 0.1) is 0 Å². The second-order valence-electron chi connectivity index (χ2n) is 7.49. The van der Waals surface area contributed by atoms with Crippen LogP contribution in [0.5, 0.6) is 11.5 Å². The van der Waals surface area contributed by atoms with Crippen molar-refractivity contribution in [1.29, 1.82) is 0 Å². The van der Waals surface area contributed by atoms with Crippen molar-refractivity contribution in [3.8, 4) is 11.5 Å². The summed E-state index contributed by atoms with van der Waals surface area (Å²) in [6.45, 7) is -1.32. The number of phenolic OH excluding ortho intramolecular Hbond substituents is 1. The lowest BCUT2D eigenvalue weighted by atomic mass is 9.90. The molecule has 0 amide bonds. The summed E-state index contributed by atoms with van der Waals surface area (Å²) in [6.07, 6.45) is -14.9. The van der Waals surface area contributed by atoms with Gasteiger partial charge in [-0.05, 0) is 17.7 Å². The average Bonchev–Trinajstić information content (AvgIpc) is 2.76. The van der Waals surface area contributed by atoms with Gasteiger partial charge in [-0.25, -0.2) is 0 Å². The van der Waals surface area contributed by atoms with Gasteiger partial charge in [0.2, 0.25) is 0 Å². The molecule has 0 saturated carbocycles. The highest BCUT2D eigenvalue weighted by molar-refractivity contribution is 5.42. The standard InChI is InChI=1S/C19H28O12/c1-28-9-3-2-7(4-8(9)22)17-16(27)18(13(24)11(6-21)29-17)31-19-15(26)14(25)12(23)10(5-20)30-19/h2-4,10-27H,5-6H2,1H3/t10-,11-,12-,13-,14+,15+,16-,17?,18+,19-/m1/s1. The van der Waals surface area contributed by atoms with Crippen LogP contribution in [0.3, 0.4) is 0 Å². The fourth-order valence-corrected chi connectivity index (χ4v) is 3.74. The van der Waals surface area contributed by atoms with Gasteiger partial charge in [-0.1, -0.05) is 6.07 Å². The molecular formula is C19H28O12. The Morgan fingerprint density at radius 3 is 2.06 bits per heavy atom. The lowest BCUT2D eigenvalue weighted by Gasteiger charge is -2.46. The Balaban J connectivity index is 1.85. The topological polar surface area (TPSA) is 199 Å². The minimum atomic E-state index is -1.75. The molecule has 10 atom stereocenters. The molecule has 2 saturated heterocycles. The fraction of sp³-hybridized carbons (Fsp3) is 0.684. The molecule has 12 nitrogen and oxygen atoms in total. The molecule has 3 rings (SSSR count). The van der Waals surface area contributed by atoms with Crippen LogP contribution in [0.1, 0.15) is 11.7 Å². The van der Waals surface area contributed by atoms with Crippen LogP contribution in [0.25, 0.3) is 0 Å². The van der Waals surface area contributed by atoms with E-state index in [4.69, 9.17) is 18.9 Å². The van der Waals surface area contributed by atoms with Crippen molar-refractivity contribution in [2.24, 2.45) is 0 Å². The minimum absolute atomic E-state index is 0.182. The highest BCUT2D eigenvalue weighted by Crippen LogP contribution is 2.38. The molecule has 31 heavy (non-hydrogen) atoms. The van der Waals surface area contributed by atoms with E-state index in [0.717, 1.165) is 0 Å². The molecule has 0 aromatic heterocycles. The van der Waals surface area contributed by atoms with Crippen LogP contribution in [0.15, 0.2) is 18.2 Å². The third kappa shape index (κ3) is 4.64. The third-order valence-corrected chi connectivity index (χ3v) is 5.54. The summed E-state index contributed by atoms with van der Waals surface area (Å²) in [5.74, 6) is -0.0456. The van der Waals surface area contributed by atoms with Gasteiger partial charge < -0.3 is 59.8 Å². The Bertz CT molecular complexity index is 730. The molecule has 2 heterocycles. The largest absolute Gasteiger partial charge is 0.504 e. The van der Waals surface area contributed by atoms with Gasteiger partial charge in [-0.15, -0.1) is 0 Å². The van der Waals surface area contributed by atoms with Gasteiger partial charge in [-0.3, -0.25) is 0 Å². The molecule has 0 spiro atoms. The number of methoxy groups -OCH3 is 1. The number of ether oxygens (including phenoxy) is 4. The van der Waals surface area contributed by atoms with E-state index in [9.17, 15) is 40.9 Å². The van der Waals surface area contributed by atoms with Crippen LogP contribution in [-0.4, -0.2) is 116 Å². The number of phenols is 1. The van der Waals surface area contributed by atoms with E-state index in [2.05, 4.69) is 0 Å². The van der Waals surface area contributed by atoms with Gasteiger partial charge in [0.05, 0.1) is 20.3 Å². The molecular weight excluding hydrogens is 420 g/mol. The van der Waals surface area contributed by atoms with Gasteiger partial charge in [0.25, 0.3) is 0 Å². The normalized spacial score (nSPS) is 41.2. The maximum absolute atomic E-state index is 10.8. The van der Waals surface area contributed by atoms with Gasteiger partial charge in [0.15, 0.2) is 17.8 Å². The summed E-state index contributed by atoms with van der Waals surface area (Å²) >= 11 is 0. The minimum Gasteiger partial charge on any atom is -0.504 e. The molecule has 2 aliphatic rings. The van der Waals surface area contributed by atoms with Crippen molar-refractivity contribution < 1.29 is 59.8 Å². The Hall–Kier alpha value is -1.58. The van der Waals surface area contributed by atoms with Crippen molar-refractivity contribution in [2.45, 2.75) is 61.2 Å². The average molecular weight is 448 g/mol. The molecule has 8 N–H and O–H groups in total. The first kappa shape index (κ1) is 24.1. The Labute approximate surface area is 177 Å². The summed E-state index contributed by atoms with van der Waals surface area (Å²) in [5, 5.41) is 80.3. The zero-order valence-corrected chi connectivity index (χ0v) is 16.6. The van der Waals surface area contributed by atoms with E-state index in [-0.39, 0.29) is 11.5 Å².